The second-order valence-electron chi connectivity index (χ2n) is 7.96. The molecule has 2 aromatic carbocycles. The fourth-order valence-electron chi connectivity index (χ4n) is 3.80. The molecule has 0 atom stereocenters. The Hall–Kier alpha value is -2.80. The van der Waals surface area contributed by atoms with E-state index in [1.165, 1.54) is 30.2 Å². The third kappa shape index (κ3) is 5.47. The number of benzene rings is 2. The highest BCUT2D eigenvalue weighted by Crippen LogP contribution is 2.25. The van der Waals surface area contributed by atoms with Crippen LogP contribution in [0.3, 0.4) is 0 Å². The first-order valence-corrected chi connectivity index (χ1v) is 11.7. The van der Waals surface area contributed by atoms with Crippen molar-refractivity contribution in [2.24, 2.45) is 0 Å². The van der Waals surface area contributed by atoms with Crippen molar-refractivity contribution in [3.63, 3.8) is 0 Å². The summed E-state index contributed by atoms with van der Waals surface area (Å²) in [4.78, 5) is 12.4. The molecule has 1 heterocycles. The summed E-state index contributed by atoms with van der Waals surface area (Å²) >= 11 is 1.41. The van der Waals surface area contributed by atoms with Crippen LogP contribution >= 0.6 is 11.8 Å². The quantitative estimate of drug-likeness (QED) is 0.522. The van der Waals surface area contributed by atoms with Crippen molar-refractivity contribution in [2.75, 3.05) is 5.75 Å². The fraction of sp³-hybridized carbons (Fsp3) is 0.375. The first-order chi connectivity index (χ1) is 15.1. The van der Waals surface area contributed by atoms with Gasteiger partial charge in [-0.1, -0.05) is 60.5 Å². The molecule has 1 amide bonds. The van der Waals surface area contributed by atoms with E-state index in [1.54, 1.807) is 0 Å². The van der Waals surface area contributed by atoms with Crippen LogP contribution in [0.2, 0.25) is 0 Å². The summed E-state index contributed by atoms with van der Waals surface area (Å²) in [7, 11) is 0. The minimum atomic E-state index is 0.0497. The lowest BCUT2D eigenvalue weighted by atomic mass is 10.2. The summed E-state index contributed by atoms with van der Waals surface area (Å²) in [5.74, 6) is 1.86. The Kier molecular flexibility index (Phi) is 6.92. The van der Waals surface area contributed by atoms with Crippen LogP contribution in [-0.4, -0.2) is 32.5 Å². The molecule has 0 unspecified atom stereocenters. The summed E-state index contributed by atoms with van der Waals surface area (Å²) < 4.78 is 7.96. The Morgan fingerprint density at radius 1 is 1.10 bits per heavy atom. The minimum absolute atomic E-state index is 0.0497. The van der Waals surface area contributed by atoms with E-state index in [1.807, 2.05) is 54.0 Å². The van der Waals surface area contributed by atoms with Gasteiger partial charge in [-0.3, -0.25) is 9.36 Å². The number of hydrogen-bond donors (Lipinski definition) is 1. The van der Waals surface area contributed by atoms with Gasteiger partial charge in [0.2, 0.25) is 5.91 Å². The molecule has 6 nitrogen and oxygen atoms in total. The van der Waals surface area contributed by atoms with E-state index >= 15 is 0 Å². The number of thioether (sulfide) groups is 1. The van der Waals surface area contributed by atoms with Gasteiger partial charge in [-0.15, -0.1) is 10.2 Å². The van der Waals surface area contributed by atoms with Gasteiger partial charge in [-0.2, -0.15) is 0 Å². The Labute approximate surface area is 187 Å². The van der Waals surface area contributed by atoms with Gasteiger partial charge in [0.05, 0.1) is 11.4 Å². The lowest BCUT2D eigenvalue weighted by Gasteiger charge is -2.14. The molecule has 0 radical (unpaired) electrons. The first kappa shape index (κ1) is 21.4. The van der Waals surface area contributed by atoms with Gasteiger partial charge in [0.25, 0.3) is 0 Å². The number of aromatic nitrogens is 3. The SMILES string of the molecule is Cc1ccc(OCc2nnc(SCC(=O)NC3CCCC3)n2-c2ccccc2C)cc1. The molecule has 1 saturated carbocycles. The molecule has 0 spiro atoms. The summed E-state index contributed by atoms with van der Waals surface area (Å²) in [6.45, 7) is 4.39. The summed E-state index contributed by atoms with van der Waals surface area (Å²) in [6.07, 6.45) is 4.56. The van der Waals surface area contributed by atoms with Gasteiger partial charge in [-0.25, -0.2) is 0 Å². The zero-order chi connectivity index (χ0) is 21.6. The van der Waals surface area contributed by atoms with Crippen molar-refractivity contribution in [3.8, 4) is 11.4 Å². The second kappa shape index (κ2) is 10.0. The zero-order valence-electron chi connectivity index (χ0n) is 18.0. The number of hydrogen-bond acceptors (Lipinski definition) is 5. The Bertz CT molecular complexity index is 1030. The van der Waals surface area contributed by atoms with Crippen LogP contribution in [0.4, 0.5) is 0 Å². The third-order valence-corrected chi connectivity index (χ3v) is 6.43. The smallest absolute Gasteiger partial charge is 0.230 e. The van der Waals surface area contributed by atoms with Crippen LogP contribution in [0.25, 0.3) is 5.69 Å². The molecule has 162 valence electrons. The number of para-hydroxylation sites is 1. The highest BCUT2D eigenvalue weighted by Gasteiger charge is 2.20. The van der Waals surface area contributed by atoms with Crippen molar-refractivity contribution in [1.82, 2.24) is 20.1 Å². The Morgan fingerprint density at radius 3 is 2.58 bits per heavy atom. The van der Waals surface area contributed by atoms with Gasteiger partial charge in [0.15, 0.2) is 11.0 Å². The number of rotatable bonds is 8. The molecule has 1 aliphatic rings. The average Bonchev–Trinajstić information content (AvgIpc) is 3.42. The standard InChI is InChI=1S/C24H28N4O2S/c1-17-11-13-20(14-12-17)30-15-22-26-27-24(28(22)21-10-6-3-7-18(21)2)31-16-23(29)25-19-8-4-5-9-19/h3,6-7,10-14,19H,4-5,8-9,15-16H2,1-2H3,(H,25,29). The fourth-order valence-corrected chi connectivity index (χ4v) is 4.57. The largest absolute Gasteiger partial charge is 0.486 e. The summed E-state index contributed by atoms with van der Waals surface area (Å²) in [6, 6.07) is 16.4. The maximum absolute atomic E-state index is 12.4. The number of amides is 1. The molecule has 3 aromatic rings. The molecule has 1 N–H and O–H groups in total. The van der Waals surface area contributed by atoms with Crippen LogP contribution in [-0.2, 0) is 11.4 Å². The molecule has 0 aliphatic heterocycles. The number of ether oxygens (including phenoxy) is 1. The zero-order valence-corrected chi connectivity index (χ0v) is 18.8. The second-order valence-corrected chi connectivity index (χ2v) is 8.90. The van der Waals surface area contributed by atoms with Crippen LogP contribution in [0.1, 0.15) is 42.6 Å². The van der Waals surface area contributed by atoms with Gasteiger partial charge >= 0.3 is 0 Å². The summed E-state index contributed by atoms with van der Waals surface area (Å²) in [5.41, 5.74) is 3.29. The number of carbonyl (C=O) groups excluding carboxylic acids is 1. The van der Waals surface area contributed by atoms with Crippen molar-refractivity contribution < 1.29 is 9.53 Å². The molecule has 31 heavy (non-hydrogen) atoms. The van der Waals surface area contributed by atoms with Crippen molar-refractivity contribution in [3.05, 3.63) is 65.5 Å². The Balaban J connectivity index is 1.51. The normalized spacial score (nSPS) is 14.0. The maximum Gasteiger partial charge on any atom is 0.230 e. The summed E-state index contributed by atoms with van der Waals surface area (Å²) in [5, 5.41) is 12.6. The molecular formula is C24H28N4O2S. The van der Waals surface area contributed by atoms with E-state index < -0.39 is 0 Å². The molecule has 1 aromatic heterocycles. The van der Waals surface area contributed by atoms with E-state index in [0.717, 1.165) is 29.8 Å². The van der Waals surface area contributed by atoms with Gasteiger partial charge in [-0.05, 0) is 50.5 Å². The minimum Gasteiger partial charge on any atom is -0.486 e. The Morgan fingerprint density at radius 2 is 1.84 bits per heavy atom. The van der Waals surface area contributed by atoms with Crippen LogP contribution in [0.15, 0.2) is 53.7 Å². The van der Waals surface area contributed by atoms with E-state index in [9.17, 15) is 4.79 Å². The molecule has 0 bridgehead atoms. The lowest BCUT2D eigenvalue weighted by Crippen LogP contribution is -2.33. The van der Waals surface area contributed by atoms with Gasteiger partial charge in [0.1, 0.15) is 12.4 Å². The maximum atomic E-state index is 12.4. The topological polar surface area (TPSA) is 69.0 Å². The monoisotopic (exact) mass is 436 g/mol. The van der Waals surface area contributed by atoms with Crippen molar-refractivity contribution >= 4 is 17.7 Å². The molecule has 0 saturated heterocycles. The predicted molar refractivity (Wildman–Crippen MR) is 123 cm³/mol. The average molecular weight is 437 g/mol. The van der Waals surface area contributed by atoms with E-state index in [2.05, 4.69) is 28.5 Å². The van der Waals surface area contributed by atoms with Crippen molar-refractivity contribution in [2.45, 2.75) is 57.3 Å². The number of aryl methyl sites for hydroxylation is 2. The number of nitrogens with one attached hydrogen (secondary N) is 1. The molecular weight excluding hydrogens is 408 g/mol. The van der Waals surface area contributed by atoms with Crippen LogP contribution < -0.4 is 10.1 Å². The van der Waals surface area contributed by atoms with Crippen LogP contribution in [0, 0.1) is 13.8 Å². The first-order valence-electron chi connectivity index (χ1n) is 10.7. The highest BCUT2D eigenvalue weighted by atomic mass is 32.2. The molecule has 7 heteroatoms. The lowest BCUT2D eigenvalue weighted by molar-refractivity contribution is -0.119. The van der Waals surface area contributed by atoms with Gasteiger partial charge in [0, 0.05) is 6.04 Å². The highest BCUT2D eigenvalue weighted by molar-refractivity contribution is 7.99. The predicted octanol–water partition coefficient (Wildman–Crippen LogP) is 4.61. The van der Waals surface area contributed by atoms with E-state index in [4.69, 9.17) is 4.74 Å². The van der Waals surface area contributed by atoms with E-state index in [-0.39, 0.29) is 5.91 Å². The number of nitrogens with zero attached hydrogens (tertiary/aromatic N) is 3. The van der Waals surface area contributed by atoms with Gasteiger partial charge < -0.3 is 10.1 Å². The van der Waals surface area contributed by atoms with Crippen LogP contribution in [0.5, 0.6) is 5.75 Å². The molecule has 4 rings (SSSR count). The molecule has 1 fully saturated rings. The number of carbonyl (C=O) groups is 1. The molecule has 1 aliphatic carbocycles. The third-order valence-electron chi connectivity index (χ3n) is 5.50. The van der Waals surface area contributed by atoms with Crippen molar-refractivity contribution in [1.29, 1.82) is 0 Å². The van der Waals surface area contributed by atoms with E-state index in [0.29, 0.717) is 29.4 Å².